The van der Waals surface area contributed by atoms with Crippen molar-refractivity contribution in [3.8, 4) is 0 Å². The highest BCUT2D eigenvalue weighted by atomic mass is 31.1. The van der Waals surface area contributed by atoms with E-state index in [0.29, 0.717) is 0 Å². The smallest absolute Gasteiger partial charge is 0.0126 e. The zero-order valence-electron chi connectivity index (χ0n) is 17.8. The molecule has 0 amide bonds. The van der Waals surface area contributed by atoms with E-state index in [1.165, 1.54) is 51.4 Å². The highest BCUT2D eigenvalue weighted by Crippen LogP contribution is 2.52. The minimum absolute atomic E-state index is 0.297. The maximum Gasteiger partial charge on any atom is -0.0126 e. The quantitative estimate of drug-likeness (QED) is 0.474. The third kappa shape index (κ3) is 4.38. The lowest BCUT2D eigenvalue weighted by Crippen LogP contribution is -2.38. The summed E-state index contributed by atoms with van der Waals surface area (Å²) in [6.07, 6.45) is 11.7. The first-order valence-electron chi connectivity index (χ1n) is 11.6. The molecule has 28 heavy (non-hydrogen) atoms. The number of rotatable bonds is 5. The van der Waals surface area contributed by atoms with Crippen molar-refractivity contribution in [1.29, 1.82) is 0 Å². The summed E-state index contributed by atoms with van der Waals surface area (Å²) in [4.78, 5) is 0. The van der Waals surface area contributed by atoms with Gasteiger partial charge in [0, 0.05) is 0 Å². The minimum Gasteiger partial charge on any atom is -0.0622 e. The fraction of sp³-hybridized carbons (Fsp3) is 0.556. The third-order valence-corrected chi connectivity index (χ3v) is 10.6. The van der Waals surface area contributed by atoms with Gasteiger partial charge in [-0.2, -0.15) is 0 Å². The topological polar surface area (TPSA) is 0 Å². The third-order valence-electron chi connectivity index (χ3n) is 7.70. The Hall–Kier alpha value is -1.13. The Morgan fingerprint density at radius 1 is 0.679 bits per heavy atom. The van der Waals surface area contributed by atoms with Crippen LogP contribution in [0.25, 0.3) is 0 Å². The zero-order valence-corrected chi connectivity index (χ0v) is 18.7. The monoisotopic (exact) mass is 392 g/mol. The second-order valence-electron chi connectivity index (χ2n) is 9.32. The van der Waals surface area contributed by atoms with Gasteiger partial charge in [0.05, 0.1) is 0 Å². The van der Waals surface area contributed by atoms with E-state index < -0.39 is 0 Å². The second kappa shape index (κ2) is 9.58. The molecule has 2 saturated carbocycles. The summed E-state index contributed by atoms with van der Waals surface area (Å²) in [6, 6.07) is 22.8. The van der Waals surface area contributed by atoms with Gasteiger partial charge in [0.25, 0.3) is 0 Å². The predicted molar refractivity (Wildman–Crippen MR) is 125 cm³/mol. The van der Waals surface area contributed by atoms with Gasteiger partial charge < -0.3 is 0 Å². The molecule has 0 saturated heterocycles. The van der Waals surface area contributed by atoms with Crippen molar-refractivity contribution < 1.29 is 0 Å². The van der Waals surface area contributed by atoms with Crippen LogP contribution in [0.2, 0.25) is 0 Å². The number of hydrogen-bond acceptors (Lipinski definition) is 0. The van der Waals surface area contributed by atoms with E-state index >= 15 is 0 Å². The molecule has 1 heteroatoms. The molecule has 2 aliphatic rings. The van der Waals surface area contributed by atoms with E-state index in [1.807, 2.05) is 0 Å². The molecule has 2 fully saturated rings. The fourth-order valence-electron chi connectivity index (χ4n) is 6.29. The second-order valence-corrected chi connectivity index (χ2v) is 11.9. The highest BCUT2D eigenvalue weighted by Gasteiger charge is 2.40. The summed E-state index contributed by atoms with van der Waals surface area (Å²) < 4.78 is 0. The van der Waals surface area contributed by atoms with Gasteiger partial charge in [0.2, 0.25) is 0 Å². The Kier molecular flexibility index (Phi) is 6.90. The Bertz CT molecular complexity index is 670. The zero-order chi connectivity index (χ0) is 19.3. The standard InChI is InChI=1S/C27H37P/c1-21-13-9-10-18-25(21)27-20-12-11-19-26(27)22(2)28(23-14-5-3-6-15-23)24-16-7-4-8-17-24/h3-8,14-17,21-22,25-27H,9-13,18-20H2,1-2H3/t21?,22?,25?,26-,27-/m1/s1. The van der Waals surface area contributed by atoms with Gasteiger partial charge in [-0.15, -0.1) is 0 Å². The molecule has 4 rings (SSSR count). The van der Waals surface area contributed by atoms with Crippen molar-refractivity contribution in [1.82, 2.24) is 0 Å². The number of benzene rings is 2. The average Bonchev–Trinajstić information content (AvgIpc) is 2.76. The van der Waals surface area contributed by atoms with Crippen LogP contribution < -0.4 is 10.6 Å². The van der Waals surface area contributed by atoms with Gasteiger partial charge in [0.1, 0.15) is 0 Å². The normalized spacial score (nSPS) is 29.5. The van der Waals surface area contributed by atoms with Gasteiger partial charge in [-0.3, -0.25) is 0 Å². The van der Waals surface area contributed by atoms with E-state index in [0.717, 1.165) is 29.3 Å². The molecule has 2 aromatic rings. The Balaban J connectivity index is 1.65. The van der Waals surface area contributed by atoms with Crippen molar-refractivity contribution >= 4 is 18.5 Å². The van der Waals surface area contributed by atoms with Crippen LogP contribution in [0.4, 0.5) is 0 Å². The van der Waals surface area contributed by atoms with E-state index in [-0.39, 0.29) is 7.92 Å². The van der Waals surface area contributed by atoms with E-state index in [4.69, 9.17) is 0 Å². The van der Waals surface area contributed by atoms with E-state index in [2.05, 4.69) is 74.5 Å². The first-order chi connectivity index (χ1) is 13.8. The summed E-state index contributed by atoms with van der Waals surface area (Å²) in [5.74, 6) is 3.76. The van der Waals surface area contributed by atoms with Crippen molar-refractivity contribution in [3.05, 3.63) is 60.7 Å². The van der Waals surface area contributed by atoms with Crippen molar-refractivity contribution in [2.75, 3.05) is 0 Å². The van der Waals surface area contributed by atoms with Gasteiger partial charge >= 0.3 is 0 Å². The first-order valence-corrected chi connectivity index (χ1v) is 13.1. The van der Waals surface area contributed by atoms with Gasteiger partial charge in [-0.25, -0.2) is 0 Å². The van der Waals surface area contributed by atoms with Gasteiger partial charge in [-0.1, -0.05) is 107 Å². The lowest BCUT2D eigenvalue weighted by Gasteiger charge is -2.46. The van der Waals surface area contributed by atoms with Gasteiger partial charge in [0.15, 0.2) is 0 Å². The molecule has 150 valence electrons. The molecule has 2 aromatic carbocycles. The molecule has 0 N–H and O–H groups in total. The summed E-state index contributed by atoms with van der Waals surface area (Å²) >= 11 is 0. The molecule has 0 bridgehead atoms. The molecular weight excluding hydrogens is 355 g/mol. The molecule has 3 unspecified atom stereocenters. The first kappa shape index (κ1) is 20.2. The SMILES string of the molecule is CC1CCCCC1[C@H]1CCCC[C@@H]1C(C)P(c1ccccc1)c1ccccc1. The summed E-state index contributed by atoms with van der Waals surface area (Å²) in [6.45, 7) is 5.15. The molecular formula is C27H37P. The summed E-state index contributed by atoms with van der Waals surface area (Å²) in [7, 11) is -0.297. The molecule has 5 atom stereocenters. The molecule has 0 radical (unpaired) electrons. The highest BCUT2D eigenvalue weighted by molar-refractivity contribution is 7.73. The lowest BCUT2D eigenvalue weighted by atomic mass is 9.64. The Labute approximate surface area is 173 Å². The molecule has 0 nitrogen and oxygen atoms in total. The summed E-state index contributed by atoms with van der Waals surface area (Å²) in [5.41, 5.74) is 0.763. The number of hydrogen-bond donors (Lipinski definition) is 0. The molecule has 0 aliphatic heterocycles. The van der Waals surface area contributed by atoms with Crippen molar-refractivity contribution in [2.24, 2.45) is 23.7 Å². The van der Waals surface area contributed by atoms with Crippen LogP contribution in [-0.4, -0.2) is 5.66 Å². The Morgan fingerprint density at radius 3 is 1.75 bits per heavy atom. The van der Waals surface area contributed by atoms with Crippen LogP contribution in [0.1, 0.15) is 65.2 Å². The van der Waals surface area contributed by atoms with Crippen LogP contribution in [-0.2, 0) is 0 Å². The predicted octanol–water partition coefficient (Wildman–Crippen LogP) is 7.14. The van der Waals surface area contributed by atoms with Crippen molar-refractivity contribution in [3.63, 3.8) is 0 Å². The minimum atomic E-state index is -0.297. The molecule has 0 spiro atoms. The fourth-order valence-corrected chi connectivity index (χ4v) is 9.27. The van der Waals surface area contributed by atoms with Crippen LogP contribution in [0, 0.1) is 23.7 Å². The van der Waals surface area contributed by atoms with Gasteiger partial charge in [-0.05, 0) is 67.1 Å². The largest absolute Gasteiger partial charge is 0.0622 e. The van der Waals surface area contributed by atoms with Crippen LogP contribution in [0.15, 0.2) is 60.7 Å². The van der Waals surface area contributed by atoms with E-state index in [9.17, 15) is 0 Å². The average molecular weight is 393 g/mol. The van der Waals surface area contributed by atoms with Crippen LogP contribution in [0.5, 0.6) is 0 Å². The maximum absolute atomic E-state index is 2.60. The van der Waals surface area contributed by atoms with Crippen LogP contribution >= 0.6 is 7.92 Å². The van der Waals surface area contributed by atoms with Crippen LogP contribution in [0.3, 0.4) is 0 Å². The molecule has 0 aromatic heterocycles. The Morgan fingerprint density at radius 2 is 1.18 bits per heavy atom. The molecule has 0 heterocycles. The maximum atomic E-state index is 2.60. The summed E-state index contributed by atoms with van der Waals surface area (Å²) in [5, 5.41) is 3.13. The van der Waals surface area contributed by atoms with Crippen molar-refractivity contribution in [2.45, 2.75) is 70.9 Å². The van der Waals surface area contributed by atoms with E-state index in [1.54, 1.807) is 10.6 Å². The lowest BCUT2D eigenvalue weighted by molar-refractivity contribution is 0.0891. The molecule has 2 aliphatic carbocycles.